The monoisotopic (exact) mass is 334 g/mol. The SMILES string of the molecule is CCNC(=NCC1Cc2ccccc2O1)NCCN(C)CCOC. The maximum Gasteiger partial charge on any atom is 0.191 e. The van der Waals surface area contributed by atoms with Gasteiger partial charge in [0.15, 0.2) is 5.96 Å². The molecule has 1 aromatic rings. The highest BCUT2D eigenvalue weighted by atomic mass is 16.5. The van der Waals surface area contributed by atoms with E-state index in [0.29, 0.717) is 6.54 Å². The molecule has 6 heteroatoms. The lowest BCUT2D eigenvalue weighted by Crippen LogP contribution is -2.42. The van der Waals surface area contributed by atoms with Crippen molar-refractivity contribution in [2.45, 2.75) is 19.4 Å². The number of guanidine groups is 1. The molecule has 0 saturated heterocycles. The molecule has 1 aromatic carbocycles. The summed E-state index contributed by atoms with van der Waals surface area (Å²) in [6.45, 7) is 7.05. The number of aliphatic imine (C=N–C) groups is 1. The number of hydrogen-bond donors (Lipinski definition) is 2. The number of benzene rings is 1. The van der Waals surface area contributed by atoms with Crippen LogP contribution in [-0.2, 0) is 11.2 Å². The first-order valence-corrected chi connectivity index (χ1v) is 8.67. The van der Waals surface area contributed by atoms with Gasteiger partial charge in [-0.15, -0.1) is 0 Å². The molecule has 2 N–H and O–H groups in total. The minimum Gasteiger partial charge on any atom is -0.488 e. The molecule has 6 nitrogen and oxygen atoms in total. The fourth-order valence-corrected chi connectivity index (χ4v) is 2.61. The molecule has 134 valence electrons. The highest BCUT2D eigenvalue weighted by Gasteiger charge is 2.21. The quantitative estimate of drug-likeness (QED) is 0.524. The maximum absolute atomic E-state index is 5.94. The van der Waals surface area contributed by atoms with E-state index in [1.807, 2.05) is 12.1 Å². The molecule has 0 radical (unpaired) electrons. The van der Waals surface area contributed by atoms with Crippen molar-refractivity contribution in [2.24, 2.45) is 4.99 Å². The molecule has 0 amide bonds. The number of fused-ring (bicyclic) bond motifs is 1. The molecule has 1 unspecified atom stereocenters. The minimum atomic E-state index is 0.127. The molecule has 0 aromatic heterocycles. The number of rotatable bonds is 9. The molecule has 2 rings (SSSR count). The number of methoxy groups -OCH3 is 1. The van der Waals surface area contributed by atoms with E-state index in [4.69, 9.17) is 9.47 Å². The minimum absolute atomic E-state index is 0.127. The van der Waals surface area contributed by atoms with Crippen LogP contribution in [0.15, 0.2) is 29.3 Å². The van der Waals surface area contributed by atoms with Crippen LogP contribution in [0.4, 0.5) is 0 Å². The van der Waals surface area contributed by atoms with Crippen molar-refractivity contribution in [2.75, 3.05) is 53.5 Å². The summed E-state index contributed by atoms with van der Waals surface area (Å²) in [7, 11) is 3.82. The van der Waals surface area contributed by atoms with Crippen LogP contribution in [0.1, 0.15) is 12.5 Å². The van der Waals surface area contributed by atoms with E-state index in [-0.39, 0.29) is 6.10 Å². The average Bonchev–Trinajstić information content (AvgIpc) is 3.00. The fourth-order valence-electron chi connectivity index (χ4n) is 2.61. The summed E-state index contributed by atoms with van der Waals surface area (Å²) >= 11 is 0. The van der Waals surface area contributed by atoms with Crippen molar-refractivity contribution >= 4 is 5.96 Å². The lowest BCUT2D eigenvalue weighted by atomic mass is 10.1. The van der Waals surface area contributed by atoms with Crippen molar-refractivity contribution in [1.82, 2.24) is 15.5 Å². The number of para-hydroxylation sites is 1. The Kier molecular flexibility index (Phi) is 7.85. The second-order valence-corrected chi connectivity index (χ2v) is 5.99. The van der Waals surface area contributed by atoms with E-state index in [1.165, 1.54) is 5.56 Å². The van der Waals surface area contributed by atoms with Gasteiger partial charge in [0, 0.05) is 39.7 Å². The third kappa shape index (κ3) is 6.02. The third-order valence-corrected chi connectivity index (χ3v) is 3.97. The smallest absolute Gasteiger partial charge is 0.191 e. The third-order valence-electron chi connectivity index (χ3n) is 3.97. The van der Waals surface area contributed by atoms with Crippen LogP contribution in [0.25, 0.3) is 0 Å². The summed E-state index contributed by atoms with van der Waals surface area (Å²) in [6, 6.07) is 8.21. The summed E-state index contributed by atoms with van der Waals surface area (Å²) in [4.78, 5) is 6.90. The van der Waals surface area contributed by atoms with Crippen LogP contribution in [0.2, 0.25) is 0 Å². The molecule has 0 spiro atoms. The van der Waals surface area contributed by atoms with Gasteiger partial charge in [-0.25, -0.2) is 4.99 Å². The van der Waals surface area contributed by atoms with E-state index in [1.54, 1.807) is 7.11 Å². The first kappa shape index (κ1) is 18.5. The van der Waals surface area contributed by atoms with Crippen LogP contribution >= 0.6 is 0 Å². The van der Waals surface area contributed by atoms with Crippen molar-refractivity contribution in [3.8, 4) is 5.75 Å². The number of nitrogens with one attached hydrogen (secondary N) is 2. The van der Waals surface area contributed by atoms with Gasteiger partial charge in [0.2, 0.25) is 0 Å². The number of nitrogens with zero attached hydrogens (tertiary/aromatic N) is 2. The van der Waals surface area contributed by atoms with Gasteiger partial charge in [0.05, 0.1) is 13.2 Å². The van der Waals surface area contributed by atoms with Crippen LogP contribution in [0, 0.1) is 0 Å². The van der Waals surface area contributed by atoms with Gasteiger partial charge in [-0.3, -0.25) is 0 Å². The van der Waals surface area contributed by atoms with E-state index >= 15 is 0 Å². The lowest BCUT2D eigenvalue weighted by Gasteiger charge is -2.18. The number of hydrogen-bond acceptors (Lipinski definition) is 4. The molecule has 1 aliphatic heterocycles. The summed E-state index contributed by atoms with van der Waals surface area (Å²) in [5.41, 5.74) is 1.27. The molecule has 0 fully saturated rings. The molecule has 1 atom stereocenters. The second kappa shape index (κ2) is 10.2. The lowest BCUT2D eigenvalue weighted by molar-refractivity contribution is 0.162. The predicted molar refractivity (Wildman–Crippen MR) is 97.9 cm³/mol. The Labute approximate surface area is 145 Å². The van der Waals surface area contributed by atoms with Crippen molar-refractivity contribution in [3.63, 3.8) is 0 Å². The fraction of sp³-hybridized carbons (Fsp3) is 0.611. The molecule has 0 aliphatic carbocycles. The Morgan fingerprint density at radius 1 is 1.33 bits per heavy atom. The summed E-state index contributed by atoms with van der Waals surface area (Å²) in [5, 5.41) is 6.66. The number of ether oxygens (including phenoxy) is 2. The topological polar surface area (TPSA) is 58.1 Å². The molecule has 24 heavy (non-hydrogen) atoms. The summed E-state index contributed by atoms with van der Waals surface area (Å²) in [5.74, 6) is 1.84. The number of likely N-dealkylation sites (N-methyl/N-ethyl adjacent to an activating group) is 1. The van der Waals surface area contributed by atoms with E-state index in [0.717, 1.165) is 50.9 Å². The van der Waals surface area contributed by atoms with E-state index < -0.39 is 0 Å². The van der Waals surface area contributed by atoms with Crippen LogP contribution in [-0.4, -0.2) is 70.5 Å². The Morgan fingerprint density at radius 2 is 2.17 bits per heavy atom. The Bertz CT molecular complexity index is 496. The van der Waals surface area contributed by atoms with Gasteiger partial charge in [-0.1, -0.05) is 18.2 Å². The molecule has 0 bridgehead atoms. The zero-order valence-electron chi connectivity index (χ0n) is 15.0. The van der Waals surface area contributed by atoms with Crippen molar-refractivity contribution < 1.29 is 9.47 Å². The van der Waals surface area contributed by atoms with Crippen LogP contribution in [0.5, 0.6) is 5.75 Å². The van der Waals surface area contributed by atoms with Crippen LogP contribution in [0.3, 0.4) is 0 Å². The van der Waals surface area contributed by atoms with Crippen molar-refractivity contribution in [3.05, 3.63) is 29.8 Å². The van der Waals surface area contributed by atoms with Gasteiger partial charge >= 0.3 is 0 Å². The first-order chi connectivity index (χ1) is 11.7. The molecule has 1 aliphatic rings. The van der Waals surface area contributed by atoms with E-state index in [2.05, 4.69) is 46.6 Å². The zero-order valence-corrected chi connectivity index (χ0v) is 15.0. The van der Waals surface area contributed by atoms with Gasteiger partial charge in [-0.2, -0.15) is 0 Å². The van der Waals surface area contributed by atoms with E-state index in [9.17, 15) is 0 Å². The van der Waals surface area contributed by atoms with Crippen LogP contribution < -0.4 is 15.4 Å². The maximum atomic E-state index is 5.94. The standard InChI is InChI=1S/C18H30N4O2/c1-4-19-18(20-9-10-22(2)11-12-23-3)21-14-16-13-15-7-5-6-8-17(15)24-16/h5-8,16H,4,9-14H2,1-3H3,(H2,19,20,21). The first-order valence-electron chi connectivity index (χ1n) is 8.67. The molecular weight excluding hydrogens is 304 g/mol. The Hall–Kier alpha value is -1.79. The Morgan fingerprint density at radius 3 is 2.92 bits per heavy atom. The predicted octanol–water partition coefficient (Wildman–Crippen LogP) is 1.12. The average molecular weight is 334 g/mol. The van der Waals surface area contributed by atoms with Crippen molar-refractivity contribution in [1.29, 1.82) is 0 Å². The highest BCUT2D eigenvalue weighted by molar-refractivity contribution is 5.79. The van der Waals surface area contributed by atoms with Gasteiger partial charge in [-0.05, 0) is 25.6 Å². The second-order valence-electron chi connectivity index (χ2n) is 5.99. The molecule has 1 heterocycles. The zero-order chi connectivity index (χ0) is 17.2. The van der Waals surface area contributed by atoms with Gasteiger partial charge < -0.3 is 25.0 Å². The largest absolute Gasteiger partial charge is 0.488 e. The highest BCUT2D eigenvalue weighted by Crippen LogP contribution is 2.28. The summed E-state index contributed by atoms with van der Waals surface area (Å²) in [6.07, 6.45) is 1.06. The normalized spacial score (nSPS) is 16.8. The Balaban J connectivity index is 1.75. The van der Waals surface area contributed by atoms with Gasteiger partial charge in [0.25, 0.3) is 0 Å². The van der Waals surface area contributed by atoms with Gasteiger partial charge in [0.1, 0.15) is 11.9 Å². The summed E-state index contributed by atoms with van der Waals surface area (Å²) < 4.78 is 11.0. The molecular formula is C18H30N4O2. The molecule has 0 saturated carbocycles.